The van der Waals surface area contributed by atoms with Gasteiger partial charge in [-0.15, -0.1) is 0 Å². The first-order valence-electron chi connectivity index (χ1n) is 18.9. The lowest BCUT2D eigenvalue weighted by Crippen LogP contribution is -2.52. The fraction of sp³-hybridized carbons (Fsp3) is 0.452. The third kappa shape index (κ3) is 6.87. The van der Waals surface area contributed by atoms with Crippen LogP contribution in [0.25, 0.3) is 0 Å². The number of halogens is 1. The topological polar surface area (TPSA) is 143 Å². The third-order valence-corrected chi connectivity index (χ3v) is 13.3. The number of alkyl halides is 1. The van der Waals surface area contributed by atoms with Crippen LogP contribution in [-0.2, 0) is 24.1 Å². The first kappa shape index (κ1) is 39.8. The van der Waals surface area contributed by atoms with Crippen LogP contribution in [0.15, 0.2) is 95.9 Å². The highest BCUT2D eigenvalue weighted by Gasteiger charge is 2.82. The Morgan fingerprint density at radius 2 is 1.52 bits per heavy atom. The number of aromatic nitrogens is 2. The molecule has 4 aromatic rings. The van der Waals surface area contributed by atoms with Crippen LogP contribution in [0.3, 0.4) is 0 Å². The molecule has 1 saturated heterocycles. The lowest BCUT2D eigenvalue weighted by atomic mass is 9.79. The van der Waals surface area contributed by atoms with E-state index in [1.807, 2.05) is 107 Å². The second kappa shape index (κ2) is 15.9. The molecule has 2 N–H and O–H groups in total. The van der Waals surface area contributed by atoms with Gasteiger partial charge in [0.2, 0.25) is 0 Å². The van der Waals surface area contributed by atoms with Crippen molar-refractivity contribution in [2.75, 3.05) is 26.6 Å². The van der Waals surface area contributed by atoms with Crippen molar-refractivity contribution in [3.63, 3.8) is 0 Å². The summed E-state index contributed by atoms with van der Waals surface area (Å²) in [5.74, 6) is 1.18. The molecule has 0 spiro atoms. The molecule has 0 radical (unpaired) electrons. The first-order chi connectivity index (χ1) is 26.9. The number of fused-ring (bicyclic) bond motifs is 3. The van der Waals surface area contributed by atoms with E-state index in [-0.39, 0.29) is 43.3 Å². The van der Waals surface area contributed by atoms with Crippen LogP contribution in [0, 0.1) is 17.2 Å². The Hall–Kier alpha value is -4.41. The summed E-state index contributed by atoms with van der Waals surface area (Å²) in [5.41, 5.74) is 3.62. The minimum atomic E-state index is -1.93. The largest absolute Gasteiger partial charge is 0.497 e. The van der Waals surface area contributed by atoms with Gasteiger partial charge >= 0.3 is 5.69 Å². The zero-order chi connectivity index (χ0) is 39.8. The Morgan fingerprint density at radius 3 is 2.05 bits per heavy atom. The Kier molecular flexibility index (Phi) is 11.3. The summed E-state index contributed by atoms with van der Waals surface area (Å²) in [4.78, 5) is 17.2. The molecule has 3 aromatic carbocycles. The number of ether oxygens (including phenoxy) is 4. The van der Waals surface area contributed by atoms with E-state index in [1.54, 1.807) is 14.2 Å². The van der Waals surface area contributed by atoms with Crippen LogP contribution in [0.4, 0.5) is 10.2 Å². The average molecular weight is 786 g/mol. The van der Waals surface area contributed by atoms with Gasteiger partial charge in [0.1, 0.15) is 40.2 Å². The van der Waals surface area contributed by atoms with Crippen LogP contribution in [-0.4, -0.2) is 70.6 Å². The molecule has 3 aliphatic rings. The van der Waals surface area contributed by atoms with E-state index in [0.29, 0.717) is 17.9 Å². The third-order valence-electron chi connectivity index (χ3n) is 11.1. The van der Waals surface area contributed by atoms with Crippen LogP contribution in [0.5, 0.6) is 11.5 Å². The zero-order valence-corrected chi connectivity index (χ0v) is 33.4. The van der Waals surface area contributed by atoms with Crippen molar-refractivity contribution in [3.8, 4) is 17.6 Å². The monoisotopic (exact) mass is 785 g/mol. The molecule has 7 atom stereocenters. The summed E-state index contributed by atoms with van der Waals surface area (Å²) in [6.07, 6.45) is -1.95. The van der Waals surface area contributed by atoms with Crippen LogP contribution < -0.4 is 20.9 Å². The first-order valence-corrected chi connectivity index (χ1v) is 20.0. The minimum absolute atomic E-state index is 0.0124. The molecule has 3 fully saturated rings. The molecular weight excluding hydrogens is 736 g/mol. The number of methoxy groups -OCH3 is 2. The molecule has 2 saturated carbocycles. The predicted octanol–water partition coefficient (Wildman–Crippen LogP) is 7.28. The molecular formula is C42H49FN5O7P. The van der Waals surface area contributed by atoms with Gasteiger partial charge in [0.05, 0.1) is 33.3 Å². The number of hydrogen-bond donors (Lipinski definition) is 1. The number of benzene rings is 3. The summed E-state index contributed by atoms with van der Waals surface area (Å²) in [6.45, 7) is 8.19. The normalized spacial score (nSPS) is 25.9. The molecule has 2 aliphatic carbocycles. The van der Waals surface area contributed by atoms with E-state index < -0.39 is 49.5 Å². The number of anilines is 1. The zero-order valence-electron chi connectivity index (χ0n) is 32.5. The Bertz CT molecular complexity index is 2030. The maximum absolute atomic E-state index is 17.8. The lowest BCUT2D eigenvalue weighted by molar-refractivity contribution is -0.162. The average Bonchev–Trinajstić information content (AvgIpc) is 3.70. The molecule has 0 bridgehead atoms. The molecule has 12 nitrogen and oxygen atoms in total. The fourth-order valence-corrected chi connectivity index (χ4v) is 10.4. The number of hydrogen-bond acceptors (Lipinski definition) is 11. The van der Waals surface area contributed by atoms with Gasteiger partial charge in [0.25, 0.3) is 8.53 Å². The molecule has 7 rings (SSSR count). The van der Waals surface area contributed by atoms with E-state index in [1.165, 1.54) is 12.3 Å². The molecule has 296 valence electrons. The molecule has 1 aromatic heterocycles. The van der Waals surface area contributed by atoms with E-state index in [4.69, 9.17) is 33.7 Å². The van der Waals surface area contributed by atoms with Crippen molar-refractivity contribution < 1.29 is 32.4 Å². The highest BCUT2D eigenvalue weighted by molar-refractivity contribution is 7.44. The van der Waals surface area contributed by atoms with Gasteiger partial charge in [-0.1, -0.05) is 54.6 Å². The SMILES string of the molecule is COc1ccc(C(O[C@]23C[C@H]2C[C@@]2(OP(OCCC#N)N(C(C)C)C(C)C)[C@@H]3O[C@@H](n3ccc(N)nc3=O)[C@@H]2F)(c2ccccc2)c2ccc(OC)cc2)cc1. The molecule has 1 unspecified atom stereocenters. The molecule has 1 aliphatic heterocycles. The van der Waals surface area contributed by atoms with Gasteiger partial charge in [-0.2, -0.15) is 10.2 Å². The maximum atomic E-state index is 17.8. The molecule has 56 heavy (non-hydrogen) atoms. The summed E-state index contributed by atoms with van der Waals surface area (Å²) in [6, 6.07) is 28.9. The summed E-state index contributed by atoms with van der Waals surface area (Å²) in [7, 11) is 1.30. The van der Waals surface area contributed by atoms with Crippen LogP contribution in [0.1, 0.15) is 69.9 Å². The van der Waals surface area contributed by atoms with Gasteiger partial charge in [-0.25, -0.2) is 13.9 Å². The number of nitrogens with two attached hydrogens (primary N) is 1. The quantitative estimate of drug-likeness (QED) is 0.0696. The van der Waals surface area contributed by atoms with Gasteiger partial charge in [-0.05, 0) is 93.5 Å². The number of nitrogen functional groups attached to an aromatic ring is 1. The highest BCUT2D eigenvalue weighted by Crippen LogP contribution is 2.73. The van der Waals surface area contributed by atoms with Crippen molar-refractivity contribution in [1.82, 2.24) is 14.2 Å². The maximum Gasteiger partial charge on any atom is 0.351 e. The predicted molar refractivity (Wildman–Crippen MR) is 210 cm³/mol. The van der Waals surface area contributed by atoms with Crippen molar-refractivity contribution in [1.29, 1.82) is 5.26 Å². The van der Waals surface area contributed by atoms with Crippen molar-refractivity contribution in [3.05, 3.63) is 118 Å². The van der Waals surface area contributed by atoms with Crippen molar-refractivity contribution in [2.45, 2.75) is 94.3 Å². The van der Waals surface area contributed by atoms with Gasteiger partial charge in [0, 0.05) is 18.3 Å². The van der Waals surface area contributed by atoms with Gasteiger partial charge in [-0.3, -0.25) is 4.57 Å². The van der Waals surface area contributed by atoms with Gasteiger partial charge in [0.15, 0.2) is 12.4 Å². The lowest BCUT2D eigenvalue weighted by Gasteiger charge is -2.44. The second-order valence-electron chi connectivity index (χ2n) is 15.1. The van der Waals surface area contributed by atoms with Crippen LogP contribution in [0.2, 0.25) is 0 Å². The van der Waals surface area contributed by atoms with Gasteiger partial charge < -0.3 is 33.7 Å². The minimum Gasteiger partial charge on any atom is -0.497 e. The standard InChI is InChI=1S/C42H49FN5O7P/c1-27(2)48(28(3)4)56(52-24-10-22-44)55-41-26-32-25-40(32,38(41)53-37(36(41)43)47-23-21-35(45)46-39(47)49)54-42(29-11-8-7-9-12-29,30-13-17-33(50-5)18-14-30)31-15-19-34(51-6)20-16-31/h7-9,11-21,23,27-28,32,36-38H,10,24-26H2,1-6H3,(H2,45,46,49)/t32-,36-,37+,38+,40+,41-,56?/m0/s1. The number of rotatable bonds is 16. The van der Waals surface area contributed by atoms with Crippen LogP contribution >= 0.6 is 8.53 Å². The Labute approximate surface area is 328 Å². The smallest absolute Gasteiger partial charge is 0.351 e. The fourth-order valence-electron chi connectivity index (χ4n) is 8.59. The van der Waals surface area contributed by atoms with E-state index in [2.05, 4.69) is 15.7 Å². The van der Waals surface area contributed by atoms with E-state index >= 15 is 4.39 Å². The highest BCUT2D eigenvalue weighted by atomic mass is 31.2. The number of nitrogens with zero attached hydrogens (tertiary/aromatic N) is 4. The molecule has 14 heteroatoms. The summed E-state index contributed by atoms with van der Waals surface area (Å²) >= 11 is 0. The Balaban J connectivity index is 1.41. The second-order valence-corrected chi connectivity index (χ2v) is 16.5. The molecule has 2 heterocycles. The molecule has 0 amide bonds. The van der Waals surface area contributed by atoms with Crippen molar-refractivity contribution >= 4 is 14.3 Å². The van der Waals surface area contributed by atoms with E-state index in [9.17, 15) is 10.1 Å². The summed E-state index contributed by atoms with van der Waals surface area (Å²) in [5, 5.41) is 9.41. The summed E-state index contributed by atoms with van der Waals surface area (Å²) < 4.78 is 60.2. The van der Waals surface area contributed by atoms with E-state index in [0.717, 1.165) is 21.3 Å². The van der Waals surface area contributed by atoms with Crippen molar-refractivity contribution in [2.24, 2.45) is 5.92 Å². The number of nitriles is 1. The Morgan fingerprint density at radius 1 is 0.946 bits per heavy atom.